The lowest BCUT2D eigenvalue weighted by molar-refractivity contribution is 0.00116. The molecular formula is C88H74N12O10. The van der Waals surface area contributed by atoms with Crippen LogP contribution in [-0.4, -0.2) is 85.3 Å². The van der Waals surface area contributed by atoms with Gasteiger partial charge in [0.2, 0.25) is 11.8 Å². The van der Waals surface area contributed by atoms with E-state index in [0.29, 0.717) is 103 Å². The first-order valence-corrected chi connectivity index (χ1v) is 35.6. The Balaban J connectivity index is 0.542. The second kappa shape index (κ2) is 35.8. The van der Waals surface area contributed by atoms with Crippen LogP contribution >= 0.6 is 0 Å². The van der Waals surface area contributed by atoms with Gasteiger partial charge < -0.3 is 37.9 Å². The summed E-state index contributed by atoms with van der Waals surface area (Å²) in [6, 6.07) is 78.5. The molecular weight excluding hydrogens is 1390 g/mol. The topological polar surface area (TPSA) is 263 Å². The molecule has 2 aromatic carbocycles. The Kier molecular flexibility index (Phi) is 23.9. The zero-order valence-corrected chi connectivity index (χ0v) is 60.8. The lowest BCUT2D eigenvalue weighted by Crippen LogP contribution is -2.12. The third kappa shape index (κ3) is 19.4. The molecule has 0 aliphatic carbocycles. The van der Waals surface area contributed by atoms with Crippen molar-refractivity contribution in [2.24, 2.45) is 0 Å². The van der Waals surface area contributed by atoms with Gasteiger partial charge >= 0.3 is 11.9 Å². The Hall–Kier alpha value is -13.4. The Morgan fingerprint density at radius 2 is 0.464 bits per heavy atom. The number of benzene rings is 2. The Bertz CT molecular complexity index is 5250. The quantitative estimate of drug-likeness (QED) is 0.0222. The third-order valence-electron chi connectivity index (χ3n) is 17.3. The summed E-state index contributed by atoms with van der Waals surface area (Å²) in [4.78, 5) is 85.5. The van der Waals surface area contributed by atoms with E-state index in [-0.39, 0.29) is 77.6 Å². The number of carbonyl (C=O) groups excluding carboxylic acids is 2. The van der Waals surface area contributed by atoms with E-state index in [2.05, 4.69) is 19.9 Å². The van der Waals surface area contributed by atoms with Crippen LogP contribution in [-0.2, 0) is 81.3 Å². The fraction of sp³-hybridized carbons (Fsp3) is 0.159. The van der Waals surface area contributed by atoms with E-state index < -0.39 is 11.9 Å². The fourth-order valence-corrected chi connectivity index (χ4v) is 12.1. The summed E-state index contributed by atoms with van der Waals surface area (Å²) >= 11 is 0. The zero-order chi connectivity index (χ0) is 75.4. The summed E-state index contributed by atoms with van der Waals surface area (Å²) < 4.78 is 47.7. The average Bonchev–Trinajstić information content (AvgIpc) is 0.768. The molecule has 14 aromatic rings. The molecule has 0 spiro atoms. The van der Waals surface area contributed by atoms with Gasteiger partial charge in [0.25, 0.3) is 0 Å². The normalized spacial score (nSPS) is 11.1. The fourth-order valence-electron chi connectivity index (χ4n) is 12.1. The molecule has 12 aromatic heterocycles. The van der Waals surface area contributed by atoms with Gasteiger partial charge in [-0.3, -0.25) is 9.97 Å². The number of aromatic nitrogens is 12. The van der Waals surface area contributed by atoms with E-state index in [0.717, 1.165) is 56.7 Å². The molecule has 0 amide bonds. The van der Waals surface area contributed by atoms with Crippen LogP contribution in [0.1, 0.15) is 88.8 Å². The minimum Gasteiger partial charge on any atom is -0.456 e. The van der Waals surface area contributed by atoms with Crippen LogP contribution in [0.4, 0.5) is 0 Å². The van der Waals surface area contributed by atoms with E-state index >= 15 is 0 Å². The maximum atomic E-state index is 14.3. The highest BCUT2D eigenvalue weighted by Crippen LogP contribution is 2.35. The standard InChI is InChI=1S/C88H74N12O10/c1-57-19-5-31-69(87(101)107-53-67-29-15-39-77(97-67)75-37-9-23-61(91-75)47-103-49-63-25-11-41-79(93-63)81-43-17-45-83(99-81)109-55-105-51-65-27-13-35-73(95-65)71-33-7-21-59(3)89-71)85(57)86-58(2)20-6-32-70(86)88(102)108-54-68-30-16-40-78(98-68)76-38-10-24-62(92-76)48-104-50-64-26-12-42-80(94-64)82-44-18-46-84(100-82)110-56-106-52-66-28-14-36-74(96-66)72-34-8-22-60(4)90-72/h5-46H,47-56H2,1-4H3. The number of hydrogen-bond acceptors (Lipinski definition) is 22. The van der Waals surface area contributed by atoms with Crippen LogP contribution in [0.25, 0.3) is 79.5 Å². The van der Waals surface area contributed by atoms with Gasteiger partial charge in [-0.2, -0.15) is 0 Å². The highest BCUT2D eigenvalue weighted by Gasteiger charge is 2.25. The SMILES string of the molecule is Cc1cccc(-c2cccc(COCOc3cccc(-c4cccc(COCc5cccc(-c6cccc(COC(=O)c7cccc(C)c7-c7c(C)cccc7C(=O)OCc7cccc(-c8cccc(COCc9cccc(-c%10cccc(OCOCc%11cccc(-c%12cccc(C)n%12)n%11)n%10)n9)n8)n7)n6)n5)n4)n3)n2)n1. The predicted molar refractivity (Wildman–Crippen MR) is 411 cm³/mol. The number of rotatable bonds is 31. The van der Waals surface area contributed by atoms with Gasteiger partial charge in [-0.1, -0.05) is 97.1 Å². The van der Waals surface area contributed by atoms with Crippen molar-refractivity contribution in [2.45, 2.75) is 80.6 Å². The van der Waals surface area contributed by atoms with Crippen molar-refractivity contribution < 1.29 is 47.5 Å². The number of hydrogen-bond donors (Lipinski definition) is 0. The average molecular weight is 1460 g/mol. The van der Waals surface area contributed by atoms with Gasteiger partial charge in [-0.25, -0.2) is 59.4 Å². The summed E-state index contributed by atoms with van der Waals surface area (Å²) in [5.41, 5.74) is 18.4. The lowest BCUT2D eigenvalue weighted by Gasteiger charge is -2.18. The van der Waals surface area contributed by atoms with Crippen LogP contribution in [0, 0.1) is 27.7 Å². The molecule has 0 N–H and O–H groups in total. The van der Waals surface area contributed by atoms with Gasteiger partial charge in [0.05, 0.1) is 165 Å². The smallest absolute Gasteiger partial charge is 0.339 e. The van der Waals surface area contributed by atoms with Crippen LogP contribution in [0.2, 0.25) is 0 Å². The third-order valence-corrected chi connectivity index (χ3v) is 17.3. The molecule has 0 aliphatic heterocycles. The highest BCUT2D eigenvalue weighted by molar-refractivity contribution is 6.05. The Morgan fingerprint density at radius 1 is 0.236 bits per heavy atom. The van der Waals surface area contributed by atoms with E-state index in [9.17, 15) is 9.59 Å². The van der Waals surface area contributed by atoms with Crippen molar-refractivity contribution in [3.63, 3.8) is 0 Å². The minimum absolute atomic E-state index is 0.0255. The van der Waals surface area contributed by atoms with E-state index in [1.165, 1.54) is 0 Å². The number of aryl methyl sites for hydroxylation is 4. The van der Waals surface area contributed by atoms with Crippen LogP contribution in [0.15, 0.2) is 255 Å². The molecule has 0 fully saturated rings. The Labute approximate surface area is 635 Å². The van der Waals surface area contributed by atoms with Crippen LogP contribution in [0.3, 0.4) is 0 Å². The molecule has 0 atom stereocenters. The van der Waals surface area contributed by atoms with Gasteiger partial charge in [0.1, 0.15) is 13.2 Å². The van der Waals surface area contributed by atoms with Gasteiger partial charge in [-0.05, 0) is 184 Å². The summed E-state index contributed by atoms with van der Waals surface area (Å²) in [6.07, 6.45) is 0. The van der Waals surface area contributed by atoms with Crippen molar-refractivity contribution >= 4 is 11.9 Å². The maximum absolute atomic E-state index is 14.3. The molecule has 14 rings (SSSR count). The van der Waals surface area contributed by atoms with E-state index in [1.54, 1.807) is 48.5 Å². The van der Waals surface area contributed by atoms with Gasteiger partial charge in [0.15, 0.2) is 13.6 Å². The van der Waals surface area contributed by atoms with E-state index in [4.69, 9.17) is 77.8 Å². The molecule has 0 saturated carbocycles. The van der Waals surface area contributed by atoms with Crippen LogP contribution < -0.4 is 9.47 Å². The second-order valence-corrected chi connectivity index (χ2v) is 25.5. The van der Waals surface area contributed by atoms with E-state index in [1.807, 2.05) is 234 Å². The van der Waals surface area contributed by atoms with Crippen molar-refractivity contribution in [2.75, 3.05) is 13.6 Å². The summed E-state index contributed by atoms with van der Waals surface area (Å²) in [5, 5.41) is 0. The number of ether oxygens (including phenoxy) is 8. The second-order valence-electron chi connectivity index (χ2n) is 25.5. The maximum Gasteiger partial charge on any atom is 0.339 e. The molecule has 12 heterocycles. The molecule has 0 unspecified atom stereocenters. The summed E-state index contributed by atoms with van der Waals surface area (Å²) in [5.74, 6) is -0.411. The van der Waals surface area contributed by atoms with Crippen molar-refractivity contribution in [3.8, 4) is 91.2 Å². The highest BCUT2D eigenvalue weighted by atomic mass is 16.7. The molecule has 110 heavy (non-hydrogen) atoms. The molecule has 0 aliphatic rings. The largest absolute Gasteiger partial charge is 0.456 e. The Morgan fingerprint density at radius 3 is 0.745 bits per heavy atom. The zero-order valence-electron chi connectivity index (χ0n) is 60.8. The van der Waals surface area contributed by atoms with Crippen molar-refractivity contribution in [1.82, 2.24) is 59.8 Å². The molecule has 546 valence electrons. The molecule has 0 saturated heterocycles. The minimum atomic E-state index is -0.595. The number of nitrogens with zero attached hydrogens (tertiary/aromatic N) is 12. The lowest BCUT2D eigenvalue weighted by atomic mass is 9.88. The molecule has 22 nitrogen and oxygen atoms in total. The predicted octanol–water partition coefficient (Wildman–Crippen LogP) is 16.6. The monoisotopic (exact) mass is 1460 g/mol. The summed E-state index contributed by atoms with van der Waals surface area (Å²) in [7, 11) is 0. The molecule has 0 radical (unpaired) electrons. The number of carbonyl (C=O) groups is 2. The van der Waals surface area contributed by atoms with Crippen molar-refractivity contribution in [1.29, 1.82) is 0 Å². The number of pyridine rings is 12. The first-order valence-electron chi connectivity index (χ1n) is 35.6. The molecule has 0 bridgehead atoms. The molecule has 22 heteroatoms. The first-order chi connectivity index (χ1) is 53.9. The first kappa shape index (κ1) is 73.5. The number of esters is 2. The summed E-state index contributed by atoms with van der Waals surface area (Å²) in [6.45, 7) is 8.69. The van der Waals surface area contributed by atoms with Crippen molar-refractivity contribution in [3.05, 3.63) is 334 Å². The van der Waals surface area contributed by atoms with Gasteiger partial charge in [-0.15, -0.1) is 0 Å². The van der Waals surface area contributed by atoms with Crippen LogP contribution in [0.5, 0.6) is 11.8 Å². The van der Waals surface area contributed by atoms with Gasteiger partial charge in [0, 0.05) is 34.6 Å².